The molecule has 0 saturated carbocycles. The number of furan rings is 1. The zero-order chi connectivity index (χ0) is 13.0. The molecule has 0 aliphatic rings. The van der Waals surface area contributed by atoms with Gasteiger partial charge in [-0.2, -0.15) is 0 Å². The fourth-order valence-corrected chi connectivity index (χ4v) is 1.80. The van der Waals surface area contributed by atoms with Crippen LogP contribution in [0.3, 0.4) is 0 Å². The first kappa shape index (κ1) is 12.2. The van der Waals surface area contributed by atoms with Gasteiger partial charge in [-0.25, -0.2) is 0 Å². The van der Waals surface area contributed by atoms with Gasteiger partial charge < -0.3 is 9.32 Å². The van der Waals surface area contributed by atoms with Gasteiger partial charge in [0.2, 0.25) is 0 Å². The Morgan fingerprint density at radius 2 is 1.89 bits per heavy atom. The molecular weight excluding hydrogens is 226 g/mol. The molecule has 0 spiro atoms. The predicted octanol–water partition coefficient (Wildman–Crippen LogP) is 3.25. The summed E-state index contributed by atoms with van der Waals surface area (Å²) in [6.07, 6.45) is 3.37. The lowest BCUT2D eigenvalue weighted by atomic mass is 10.2. The number of nitrogens with zero attached hydrogens (tertiary/aromatic N) is 1. The fraction of sp³-hybridized carbons (Fsp3) is 0.133. The normalized spacial score (nSPS) is 10.2. The second-order valence-electron chi connectivity index (χ2n) is 3.94. The van der Waals surface area contributed by atoms with Crippen molar-refractivity contribution in [2.24, 2.45) is 0 Å². The molecule has 1 aromatic carbocycles. The third kappa shape index (κ3) is 2.35. The largest absolute Gasteiger partial charge is 0.451 e. The lowest BCUT2D eigenvalue weighted by molar-refractivity contribution is 0.0761. The van der Waals surface area contributed by atoms with Crippen molar-refractivity contribution in [3.8, 4) is 0 Å². The SMILES string of the molecule is C=CCN(CC=C)C(=O)c1cc2ccccc2o1. The van der Waals surface area contributed by atoms with Gasteiger partial charge in [-0.3, -0.25) is 4.79 Å². The van der Waals surface area contributed by atoms with E-state index in [0.717, 1.165) is 11.0 Å². The zero-order valence-electron chi connectivity index (χ0n) is 10.1. The van der Waals surface area contributed by atoms with Gasteiger partial charge in [-0.05, 0) is 12.1 Å². The topological polar surface area (TPSA) is 33.5 Å². The summed E-state index contributed by atoms with van der Waals surface area (Å²) < 4.78 is 5.54. The molecule has 0 fully saturated rings. The van der Waals surface area contributed by atoms with Crippen LogP contribution in [0.15, 0.2) is 60.1 Å². The monoisotopic (exact) mass is 241 g/mol. The zero-order valence-corrected chi connectivity index (χ0v) is 10.1. The van der Waals surface area contributed by atoms with Crippen LogP contribution < -0.4 is 0 Å². The van der Waals surface area contributed by atoms with Gasteiger partial charge in [0.1, 0.15) is 5.58 Å². The number of hydrogen-bond donors (Lipinski definition) is 0. The van der Waals surface area contributed by atoms with Gasteiger partial charge in [0.05, 0.1) is 0 Å². The van der Waals surface area contributed by atoms with Gasteiger partial charge >= 0.3 is 0 Å². The van der Waals surface area contributed by atoms with Gasteiger partial charge in [-0.1, -0.05) is 30.4 Å². The van der Waals surface area contributed by atoms with E-state index >= 15 is 0 Å². The van der Waals surface area contributed by atoms with E-state index in [0.29, 0.717) is 18.8 Å². The molecule has 0 atom stereocenters. The summed E-state index contributed by atoms with van der Waals surface area (Å²) in [5.74, 6) is 0.200. The molecule has 18 heavy (non-hydrogen) atoms. The summed E-state index contributed by atoms with van der Waals surface area (Å²) in [7, 11) is 0. The third-order valence-corrected chi connectivity index (χ3v) is 2.62. The summed E-state index contributed by atoms with van der Waals surface area (Å²) in [5, 5.41) is 0.929. The Hall–Kier alpha value is -2.29. The quantitative estimate of drug-likeness (QED) is 0.753. The highest BCUT2D eigenvalue weighted by molar-refractivity contribution is 5.96. The molecule has 92 valence electrons. The van der Waals surface area contributed by atoms with Crippen molar-refractivity contribution in [1.82, 2.24) is 4.90 Å². The molecule has 0 N–H and O–H groups in total. The predicted molar refractivity (Wildman–Crippen MR) is 72.5 cm³/mol. The van der Waals surface area contributed by atoms with Crippen molar-refractivity contribution in [2.45, 2.75) is 0 Å². The Labute approximate surface area is 106 Å². The van der Waals surface area contributed by atoms with Crippen LogP contribution in [0.25, 0.3) is 11.0 Å². The molecule has 0 radical (unpaired) electrons. The average Bonchev–Trinajstić information content (AvgIpc) is 2.81. The molecule has 1 amide bonds. The smallest absolute Gasteiger partial charge is 0.290 e. The van der Waals surface area contributed by atoms with Gasteiger partial charge in [0.25, 0.3) is 5.91 Å². The molecule has 3 heteroatoms. The van der Waals surface area contributed by atoms with E-state index in [4.69, 9.17) is 4.42 Å². The molecule has 2 aromatic rings. The minimum Gasteiger partial charge on any atom is -0.451 e. The van der Waals surface area contributed by atoms with Crippen LogP contribution in [0.1, 0.15) is 10.6 Å². The maximum Gasteiger partial charge on any atom is 0.290 e. The number of carbonyl (C=O) groups is 1. The summed E-state index contributed by atoms with van der Waals surface area (Å²) in [4.78, 5) is 13.9. The number of carbonyl (C=O) groups excluding carboxylic acids is 1. The minimum atomic E-state index is -0.147. The molecule has 0 unspecified atom stereocenters. The van der Waals surface area contributed by atoms with E-state index < -0.39 is 0 Å². The summed E-state index contributed by atoms with van der Waals surface area (Å²) >= 11 is 0. The lowest BCUT2D eigenvalue weighted by Crippen LogP contribution is -2.30. The van der Waals surface area contributed by atoms with E-state index in [-0.39, 0.29) is 5.91 Å². The third-order valence-electron chi connectivity index (χ3n) is 2.62. The Morgan fingerprint density at radius 1 is 1.22 bits per heavy atom. The van der Waals surface area contributed by atoms with Crippen LogP contribution >= 0.6 is 0 Å². The van der Waals surface area contributed by atoms with Crippen molar-refractivity contribution in [3.05, 3.63) is 61.4 Å². The average molecular weight is 241 g/mol. The fourth-order valence-electron chi connectivity index (χ4n) is 1.80. The summed E-state index contributed by atoms with van der Waals surface area (Å²) in [6.45, 7) is 8.23. The van der Waals surface area contributed by atoms with E-state index in [1.165, 1.54) is 0 Å². The van der Waals surface area contributed by atoms with Crippen LogP contribution in [0.2, 0.25) is 0 Å². The van der Waals surface area contributed by atoms with Crippen molar-refractivity contribution < 1.29 is 9.21 Å². The van der Waals surface area contributed by atoms with Gasteiger partial charge in [0.15, 0.2) is 5.76 Å². The Balaban J connectivity index is 2.30. The molecule has 0 aliphatic heterocycles. The maximum atomic E-state index is 12.2. The molecule has 0 aliphatic carbocycles. The molecule has 0 saturated heterocycles. The van der Waals surface area contributed by atoms with E-state index in [1.807, 2.05) is 24.3 Å². The highest BCUT2D eigenvalue weighted by Crippen LogP contribution is 2.20. The lowest BCUT2D eigenvalue weighted by Gasteiger charge is -2.17. The Kier molecular flexibility index (Phi) is 3.63. The number of amides is 1. The molecular formula is C15H15NO2. The van der Waals surface area contributed by atoms with Crippen molar-refractivity contribution in [2.75, 3.05) is 13.1 Å². The van der Waals surface area contributed by atoms with Gasteiger partial charge in [0, 0.05) is 18.5 Å². The van der Waals surface area contributed by atoms with Crippen molar-refractivity contribution in [1.29, 1.82) is 0 Å². The number of fused-ring (bicyclic) bond motifs is 1. The highest BCUT2D eigenvalue weighted by Gasteiger charge is 2.17. The molecule has 2 rings (SSSR count). The maximum absolute atomic E-state index is 12.2. The second-order valence-corrected chi connectivity index (χ2v) is 3.94. The molecule has 1 aromatic heterocycles. The summed E-state index contributed by atoms with van der Waals surface area (Å²) in [5.41, 5.74) is 0.720. The standard InChI is InChI=1S/C15H15NO2/c1-3-9-16(10-4-2)15(17)14-11-12-7-5-6-8-13(12)18-14/h3-8,11H,1-2,9-10H2. The van der Waals surface area contributed by atoms with E-state index in [1.54, 1.807) is 23.1 Å². The number of para-hydroxylation sites is 1. The number of benzene rings is 1. The number of hydrogen-bond acceptors (Lipinski definition) is 2. The van der Waals surface area contributed by atoms with Crippen molar-refractivity contribution in [3.63, 3.8) is 0 Å². The van der Waals surface area contributed by atoms with Crippen molar-refractivity contribution >= 4 is 16.9 Å². The molecule has 3 nitrogen and oxygen atoms in total. The first-order chi connectivity index (χ1) is 8.76. The van der Waals surface area contributed by atoms with Crippen LogP contribution in [0.5, 0.6) is 0 Å². The van der Waals surface area contributed by atoms with Crippen LogP contribution in [-0.2, 0) is 0 Å². The molecule has 0 bridgehead atoms. The summed E-state index contributed by atoms with van der Waals surface area (Å²) in [6, 6.07) is 9.32. The number of rotatable bonds is 5. The van der Waals surface area contributed by atoms with E-state index in [2.05, 4.69) is 13.2 Å². The Morgan fingerprint density at radius 3 is 2.50 bits per heavy atom. The van der Waals surface area contributed by atoms with Gasteiger partial charge in [-0.15, -0.1) is 13.2 Å². The minimum absolute atomic E-state index is 0.147. The second kappa shape index (κ2) is 5.36. The van der Waals surface area contributed by atoms with E-state index in [9.17, 15) is 4.79 Å². The highest BCUT2D eigenvalue weighted by atomic mass is 16.3. The Bertz CT molecular complexity index is 540. The first-order valence-corrected chi connectivity index (χ1v) is 5.76. The van der Waals surface area contributed by atoms with Crippen LogP contribution in [0.4, 0.5) is 0 Å². The molecule has 1 heterocycles. The first-order valence-electron chi connectivity index (χ1n) is 5.76. The van der Waals surface area contributed by atoms with Crippen LogP contribution in [-0.4, -0.2) is 23.9 Å². The van der Waals surface area contributed by atoms with Crippen LogP contribution in [0, 0.1) is 0 Å².